The van der Waals surface area contributed by atoms with Crippen LogP contribution in [0, 0.1) is 0 Å². The molecule has 2 aromatic rings. The summed E-state index contributed by atoms with van der Waals surface area (Å²) in [5.74, 6) is -0.487. The molecule has 4 N–H and O–H groups in total. The minimum atomic E-state index is -0.394. The van der Waals surface area contributed by atoms with Gasteiger partial charge in [0.1, 0.15) is 5.69 Å². The number of amides is 2. The fraction of sp³-hybridized carbons (Fsp3) is 0.0714. The highest BCUT2D eigenvalue weighted by Crippen LogP contribution is 2.33. The number of benzene rings is 1. The first-order valence-electron chi connectivity index (χ1n) is 6.18. The number of hydrogen-bond acceptors (Lipinski definition) is 4. The zero-order valence-electron chi connectivity index (χ0n) is 10.8. The van der Waals surface area contributed by atoms with Crippen LogP contribution in [0.5, 0.6) is 0 Å². The quantitative estimate of drug-likeness (QED) is 0.791. The first kappa shape index (κ1) is 13.4. The van der Waals surface area contributed by atoms with E-state index in [0.717, 1.165) is 5.56 Å². The second-order valence-corrected chi connectivity index (χ2v) is 5.05. The molecular formula is C14H11ClN4O2. The van der Waals surface area contributed by atoms with Crippen molar-refractivity contribution in [2.45, 2.75) is 6.42 Å². The fourth-order valence-corrected chi connectivity index (χ4v) is 2.28. The smallest absolute Gasteiger partial charge is 0.274 e. The summed E-state index contributed by atoms with van der Waals surface area (Å²) < 4.78 is 0. The van der Waals surface area contributed by atoms with Crippen molar-refractivity contribution in [2.75, 3.05) is 16.4 Å². The molecule has 1 aliphatic heterocycles. The summed E-state index contributed by atoms with van der Waals surface area (Å²) in [7, 11) is 0. The number of nitrogen functional groups attached to an aromatic ring is 1. The maximum atomic E-state index is 12.1. The fourth-order valence-electron chi connectivity index (χ4n) is 2.07. The Hall–Kier alpha value is -2.60. The summed E-state index contributed by atoms with van der Waals surface area (Å²) in [6.07, 6.45) is 1.68. The van der Waals surface area contributed by atoms with Crippen LogP contribution in [0.1, 0.15) is 16.1 Å². The molecule has 7 heteroatoms. The second kappa shape index (κ2) is 5.06. The number of pyridine rings is 1. The molecule has 0 bridgehead atoms. The van der Waals surface area contributed by atoms with E-state index < -0.39 is 5.91 Å². The minimum Gasteiger partial charge on any atom is -0.397 e. The monoisotopic (exact) mass is 302 g/mol. The van der Waals surface area contributed by atoms with Crippen molar-refractivity contribution < 1.29 is 9.59 Å². The lowest BCUT2D eigenvalue weighted by Crippen LogP contribution is -2.14. The Bertz CT molecular complexity index is 743. The van der Waals surface area contributed by atoms with Gasteiger partial charge in [0.15, 0.2) is 0 Å². The number of nitrogens with one attached hydrogen (secondary N) is 2. The van der Waals surface area contributed by atoms with Gasteiger partial charge in [-0.1, -0.05) is 11.6 Å². The third-order valence-corrected chi connectivity index (χ3v) is 3.40. The number of carbonyl (C=O) groups excluding carboxylic acids is 2. The number of nitrogens with zero attached hydrogens (tertiary/aromatic N) is 1. The van der Waals surface area contributed by atoms with Gasteiger partial charge >= 0.3 is 0 Å². The van der Waals surface area contributed by atoms with Gasteiger partial charge in [-0.3, -0.25) is 9.59 Å². The van der Waals surface area contributed by atoms with Gasteiger partial charge in [0.05, 0.1) is 29.0 Å². The van der Waals surface area contributed by atoms with Gasteiger partial charge in [-0.05, 0) is 29.8 Å². The maximum Gasteiger partial charge on any atom is 0.274 e. The summed E-state index contributed by atoms with van der Waals surface area (Å²) in [5, 5.41) is 5.72. The van der Waals surface area contributed by atoms with Gasteiger partial charge in [0.2, 0.25) is 5.91 Å². The van der Waals surface area contributed by atoms with Crippen LogP contribution in [0.2, 0.25) is 5.02 Å². The van der Waals surface area contributed by atoms with Crippen molar-refractivity contribution in [3.05, 3.63) is 46.7 Å². The van der Waals surface area contributed by atoms with E-state index in [1.54, 1.807) is 18.2 Å². The van der Waals surface area contributed by atoms with E-state index in [-0.39, 0.29) is 18.0 Å². The van der Waals surface area contributed by atoms with Gasteiger partial charge in [0, 0.05) is 5.69 Å². The number of halogens is 1. The molecular weight excluding hydrogens is 292 g/mol. The molecule has 2 heterocycles. The highest BCUT2D eigenvalue weighted by atomic mass is 35.5. The molecule has 0 saturated carbocycles. The van der Waals surface area contributed by atoms with Crippen molar-refractivity contribution in [1.82, 2.24) is 4.98 Å². The predicted octanol–water partition coefficient (Wildman–Crippen LogP) is 2.06. The number of nitrogens with two attached hydrogens (primary N) is 1. The summed E-state index contributed by atoms with van der Waals surface area (Å²) in [4.78, 5) is 27.4. The SMILES string of the molecule is Nc1ccc(C(=O)Nc2cc3c(cc2Cl)NC(=O)C3)nc1. The number of rotatable bonds is 2. The van der Waals surface area contributed by atoms with Crippen LogP contribution in [0.4, 0.5) is 17.1 Å². The van der Waals surface area contributed by atoms with E-state index in [9.17, 15) is 9.59 Å². The third kappa shape index (κ3) is 2.66. The number of aromatic nitrogens is 1. The van der Waals surface area contributed by atoms with Gasteiger partial charge in [0.25, 0.3) is 5.91 Å². The lowest BCUT2D eigenvalue weighted by atomic mass is 10.1. The van der Waals surface area contributed by atoms with Crippen LogP contribution < -0.4 is 16.4 Å². The molecule has 21 heavy (non-hydrogen) atoms. The topological polar surface area (TPSA) is 97.1 Å². The molecule has 0 fully saturated rings. The molecule has 1 aromatic heterocycles. The van der Waals surface area contributed by atoms with Gasteiger partial charge in [-0.15, -0.1) is 0 Å². The highest BCUT2D eigenvalue weighted by Gasteiger charge is 2.20. The van der Waals surface area contributed by atoms with Crippen molar-refractivity contribution in [3.8, 4) is 0 Å². The molecule has 0 unspecified atom stereocenters. The predicted molar refractivity (Wildman–Crippen MR) is 80.4 cm³/mol. The normalized spacial score (nSPS) is 12.7. The van der Waals surface area contributed by atoms with E-state index in [1.165, 1.54) is 12.3 Å². The summed E-state index contributed by atoms with van der Waals surface area (Å²) in [6.45, 7) is 0. The number of hydrogen-bond donors (Lipinski definition) is 3. The molecule has 0 radical (unpaired) electrons. The van der Waals surface area contributed by atoms with E-state index in [4.69, 9.17) is 17.3 Å². The van der Waals surface area contributed by atoms with Crippen LogP contribution in [0.15, 0.2) is 30.5 Å². The van der Waals surface area contributed by atoms with Crippen LogP contribution >= 0.6 is 11.6 Å². The van der Waals surface area contributed by atoms with Crippen molar-refractivity contribution in [3.63, 3.8) is 0 Å². The number of anilines is 3. The van der Waals surface area contributed by atoms with Crippen LogP contribution in [0.3, 0.4) is 0 Å². The van der Waals surface area contributed by atoms with Gasteiger partial charge in [-0.25, -0.2) is 4.98 Å². The van der Waals surface area contributed by atoms with E-state index in [1.807, 2.05) is 0 Å². The molecule has 6 nitrogen and oxygen atoms in total. The Morgan fingerprint density at radius 2 is 2.19 bits per heavy atom. The molecule has 3 rings (SSSR count). The summed E-state index contributed by atoms with van der Waals surface area (Å²) >= 11 is 6.11. The molecule has 1 aromatic carbocycles. The average Bonchev–Trinajstić information content (AvgIpc) is 2.79. The first-order chi connectivity index (χ1) is 10.0. The van der Waals surface area contributed by atoms with Crippen LogP contribution in [0.25, 0.3) is 0 Å². The molecule has 1 aliphatic rings. The largest absolute Gasteiger partial charge is 0.397 e. The summed E-state index contributed by atoms with van der Waals surface area (Å²) in [6, 6.07) is 6.42. The molecule has 0 atom stereocenters. The van der Waals surface area contributed by atoms with Crippen molar-refractivity contribution >= 4 is 40.5 Å². The Balaban J connectivity index is 1.85. The Labute approximate surface area is 125 Å². The lowest BCUT2D eigenvalue weighted by Gasteiger charge is -2.09. The Morgan fingerprint density at radius 3 is 2.90 bits per heavy atom. The molecule has 2 amide bonds. The Morgan fingerprint density at radius 1 is 1.38 bits per heavy atom. The van der Waals surface area contributed by atoms with E-state index >= 15 is 0 Å². The van der Waals surface area contributed by atoms with E-state index in [2.05, 4.69) is 15.6 Å². The molecule has 0 spiro atoms. The summed E-state index contributed by atoms with van der Waals surface area (Å²) in [5.41, 5.74) is 8.14. The van der Waals surface area contributed by atoms with Crippen LogP contribution in [-0.2, 0) is 11.2 Å². The van der Waals surface area contributed by atoms with Gasteiger partial charge in [-0.2, -0.15) is 0 Å². The standard InChI is InChI=1S/C14H11ClN4O2/c15-9-5-11-7(4-13(20)18-11)3-12(9)19-14(21)10-2-1-8(16)6-17-10/h1-3,5-6H,4,16H2,(H,18,20)(H,19,21). The average molecular weight is 303 g/mol. The molecule has 106 valence electrons. The zero-order chi connectivity index (χ0) is 15.0. The Kier molecular flexibility index (Phi) is 3.23. The van der Waals surface area contributed by atoms with Crippen LogP contribution in [-0.4, -0.2) is 16.8 Å². The second-order valence-electron chi connectivity index (χ2n) is 4.65. The number of carbonyl (C=O) groups is 2. The molecule has 0 saturated heterocycles. The van der Waals surface area contributed by atoms with Crippen molar-refractivity contribution in [2.24, 2.45) is 0 Å². The third-order valence-electron chi connectivity index (χ3n) is 3.09. The number of fused-ring (bicyclic) bond motifs is 1. The van der Waals surface area contributed by atoms with Gasteiger partial charge < -0.3 is 16.4 Å². The first-order valence-corrected chi connectivity index (χ1v) is 6.56. The maximum absolute atomic E-state index is 12.1. The van der Waals surface area contributed by atoms with Crippen molar-refractivity contribution in [1.29, 1.82) is 0 Å². The molecule has 0 aliphatic carbocycles. The minimum absolute atomic E-state index is 0.0928. The lowest BCUT2D eigenvalue weighted by molar-refractivity contribution is -0.115. The van der Waals surface area contributed by atoms with E-state index in [0.29, 0.717) is 22.1 Å². The highest BCUT2D eigenvalue weighted by molar-refractivity contribution is 6.34. The zero-order valence-corrected chi connectivity index (χ0v) is 11.6.